The lowest BCUT2D eigenvalue weighted by Crippen LogP contribution is -2.13. The van der Waals surface area contributed by atoms with Gasteiger partial charge in [-0.05, 0) is 78.9 Å². The van der Waals surface area contributed by atoms with Crippen LogP contribution in [0.25, 0.3) is 11.1 Å². The Bertz CT molecular complexity index is 1380. The fourth-order valence-electron chi connectivity index (χ4n) is 3.51. The summed E-state index contributed by atoms with van der Waals surface area (Å²) in [4.78, 5) is 46.3. The van der Waals surface area contributed by atoms with Crippen molar-refractivity contribution in [3.8, 4) is 28.4 Å². The Balaban J connectivity index is 1.39. The molecule has 0 bridgehead atoms. The molecular formula is C32H32O11. The van der Waals surface area contributed by atoms with Gasteiger partial charge in [-0.1, -0.05) is 30.8 Å². The molecule has 226 valence electrons. The molecule has 0 aliphatic heterocycles. The fraction of sp³-hybridized carbons (Fsp3) is 0.250. The highest BCUT2D eigenvalue weighted by Crippen LogP contribution is 2.25. The molecule has 0 aliphatic carbocycles. The highest BCUT2D eigenvalue weighted by molar-refractivity contribution is 5.91. The molecule has 3 rings (SSSR count). The minimum Gasteiger partial charge on any atom is -0.494 e. The quantitative estimate of drug-likeness (QED) is 0.0741. The number of esters is 2. The van der Waals surface area contributed by atoms with Gasteiger partial charge < -0.3 is 33.9 Å². The van der Waals surface area contributed by atoms with Crippen LogP contribution in [-0.4, -0.2) is 60.7 Å². The third-order valence-corrected chi connectivity index (χ3v) is 5.82. The number of carboxylic acids is 1. The zero-order valence-electron chi connectivity index (χ0n) is 23.4. The zero-order valence-corrected chi connectivity index (χ0v) is 23.4. The van der Waals surface area contributed by atoms with Crippen molar-refractivity contribution in [1.82, 2.24) is 0 Å². The van der Waals surface area contributed by atoms with Gasteiger partial charge in [-0.2, -0.15) is 0 Å². The third-order valence-electron chi connectivity index (χ3n) is 5.82. The Labute approximate surface area is 248 Å². The fourth-order valence-corrected chi connectivity index (χ4v) is 3.51. The van der Waals surface area contributed by atoms with E-state index in [-0.39, 0.29) is 31.8 Å². The molecule has 0 radical (unpaired) electrons. The predicted molar refractivity (Wildman–Crippen MR) is 154 cm³/mol. The lowest BCUT2D eigenvalue weighted by Gasteiger charge is -2.09. The Hall–Kier alpha value is -5.16. The minimum absolute atomic E-state index is 0.0238. The molecule has 0 saturated carbocycles. The molecule has 3 aromatic carbocycles. The van der Waals surface area contributed by atoms with E-state index in [2.05, 4.69) is 6.58 Å². The first-order valence-corrected chi connectivity index (χ1v) is 13.4. The number of aliphatic carboxylic acids is 1. The molecule has 3 aromatic rings. The van der Waals surface area contributed by atoms with Crippen molar-refractivity contribution in [1.29, 1.82) is 0 Å². The molecule has 0 spiro atoms. The van der Waals surface area contributed by atoms with Crippen molar-refractivity contribution in [2.45, 2.75) is 25.7 Å². The minimum atomic E-state index is -0.881. The maximum atomic E-state index is 12.5. The summed E-state index contributed by atoms with van der Waals surface area (Å²) in [5.41, 5.74) is 2.00. The number of hydrogen-bond donors (Lipinski definition) is 2. The van der Waals surface area contributed by atoms with Gasteiger partial charge in [-0.15, -0.1) is 0 Å². The number of carboxylic acid groups (broad SMARTS) is 1. The molecule has 0 amide bonds. The van der Waals surface area contributed by atoms with Gasteiger partial charge in [-0.3, -0.25) is 4.79 Å². The van der Waals surface area contributed by atoms with Gasteiger partial charge in [0, 0.05) is 6.42 Å². The first-order valence-electron chi connectivity index (χ1n) is 13.4. The van der Waals surface area contributed by atoms with Crippen LogP contribution in [0.4, 0.5) is 4.79 Å². The highest BCUT2D eigenvalue weighted by Gasteiger charge is 2.11. The van der Waals surface area contributed by atoms with Gasteiger partial charge in [0.15, 0.2) is 0 Å². The lowest BCUT2D eigenvalue weighted by atomic mass is 10.1. The van der Waals surface area contributed by atoms with Crippen molar-refractivity contribution >= 4 is 24.1 Å². The SMILES string of the molecule is C=C(CO)C(=O)OCCCCOC(=O)Oc1ccc(-c2ccc(OC(=O)c3ccc(OCCCC(=O)O)cc3)cc2)cc1. The van der Waals surface area contributed by atoms with E-state index in [9.17, 15) is 19.2 Å². The van der Waals surface area contributed by atoms with E-state index in [0.717, 1.165) is 11.1 Å². The number of carbonyl (C=O) groups is 4. The number of aliphatic hydroxyl groups excluding tert-OH is 1. The van der Waals surface area contributed by atoms with Gasteiger partial charge in [0.1, 0.15) is 17.2 Å². The summed E-state index contributed by atoms with van der Waals surface area (Å²) in [6.07, 6.45) is 0.470. The number of unbranched alkanes of at least 4 members (excludes halogenated alkanes) is 1. The van der Waals surface area contributed by atoms with Crippen LogP contribution in [0.5, 0.6) is 17.2 Å². The maximum Gasteiger partial charge on any atom is 0.513 e. The second-order valence-electron chi connectivity index (χ2n) is 9.11. The molecule has 2 N–H and O–H groups in total. The molecule has 0 heterocycles. The van der Waals surface area contributed by atoms with E-state index in [1.165, 1.54) is 0 Å². The topological polar surface area (TPSA) is 155 Å². The number of benzene rings is 3. The van der Waals surface area contributed by atoms with Crippen molar-refractivity contribution in [2.75, 3.05) is 26.4 Å². The van der Waals surface area contributed by atoms with Gasteiger partial charge in [0.25, 0.3) is 0 Å². The van der Waals surface area contributed by atoms with Crippen LogP contribution in [0.2, 0.25) is 0 Å². The van der Waals surface area contributed by atoms with Gasteiger partial charge >= 0.3 is 24.1 Å². The number of rotatable bonds is 16. The van der Waals surface area contributed by atoms with Crippen LogP contribution in [0.1, 0.15) is 36.0 Å². The van der Waals surface area contributed by atoms with E-state index in [4.69, 9.17) is 33.9 Å². The predicted octanol–water partition coefficient (Wildman–Crippen LogP) is 5.20. The highest BCUT2D eigenvalue weighted by atomic mass is 16.7. The maximum absolute atomic E-state index is 12.5. The third kappa shape index (κ3) is 11.3. The number of aliphatic hydroxyl groups is 1. The average Bonchev–Trinajstić information content (AvgIpc) is 3.01. The van der Waals surface area contributed by atoms with Crippen molar-refractivity contribution in [2.24, 2.45) is 0 Å². The van der Waals surface area contributed by atoms with Crippen molar-refractivity contribution in [3.05, 3.63) is 90.5 Å². The summed E-state index contributed by atoms with van der Waals surface area (Å²) in [6, 6.07) is 20.1. The molecule has 0 unspecified atom stereocenters. The van der Waals surface area contributed by atoms with E-state index in [1.54, 1.807) is 72.8 Å². The number of hydrogen-bond acceptors (Lipinski definition) is 10. The first-order chi connectivity index (χ1) is 20.7. The van der Waals surface area contributed by atoms with Crippen LogP contribution >= 0.6 is 0 Å². The van der Waals surface area contributed by atoms with Gasteiger partial charge in [0.05, 0.1) is 37.6 Å². The second-order valence-corrected chi connectivity index (χ2v) is 9.11. The van der Waals surface area contributed by atoms with E-state index < -0.39 is 30.7 Å². The van der Waals surface area contributed by atoms with Crippen LogP contribution in [0.3, 0.4) is 0 Å². The summed E-state index contributed by atoms with van der Waals surface area (Å²) < 4.78 is 26.0. The number of carbonyl (C=O) groups excluding carboxylic acids is 3. The number of ether oxygens (including phenoxy) is 5. The lowest BCUT2D eigenvalue weighted by molar-refractivity contribution is -0.140. The summed E-state index contributed by atoms with van der Waals surface area (Å²) >= 11 is 0. The molecule has 0 saturated heterocycles. The molecule has 0 atom stereocenters. The molecule has 43 heavy (non-hydrogen) atoms. The molecule has 0 aliphatic rings. The standard InChI is InChI=1S/C32H32O11/c1-22(21-33)30(36)40-18-2-3-19-41-32(38)43-28-16-8-24(9-17-28)23-6-14-27(15-7-23)42-31(37)25-10-12-26(13-11-25)39-20-4-5-29(34)35/h6-17,33H,1-5,18-21H2,(H,34,35). The van der Waals surface area contributed by atoms with Gasteiger partial charge in [0.2, 0.25) is 0 Å². The Kier molecular flexibility index (Phi) is 12.8. The van der Waals surface area contributed by atoms with Crippen LogP contribution in [0, 0.1) is 0 Å². The molecule has 0 aromatic heterocycles. The summed E-state index contributed by atoms with van der Waals surface area (Å²) in [5, 5.41) is 17.5. The van der Waals surface area contributed by atoms with Gasteiger partial charge in [-0.25, -0.2) is 14.4 Å². The van der Waals surface area contributed by atoms with Crippen LogP contribution in [0.15, 0.2) is 84.9 Å². The monoisotopic (exact) mass is 592 g/mol. The average molecular weight is 593 g/mol. The molecule has 11 nitrogen and oxygen atoms in total. The Morgan fingerprint density at radius 3 is 1.74 bits per heavy atom. The van der Waals surface area contributed by atoms with Crippen molar-refractivity contribution in [3.63, 3.8) is 0 Å². The molecular weight excluding hydrogens is 560 g/mol. The van der Waals surface area contributed by atoms with E-state index in [0.29, 0.717) is 42.1 Å². The Morgan fingerprint density at radius 1 is 0.651 bits per heavy atom. The second kappa shape index (κ2) is 16.9. The normalized spacial score (nSPS) is 10.3. The van der Waals surface area contributed by atoms with E-state index in [1.807, 2.05) is 0 Å². The van der Waals surface area contributed by atoms with Crippen LogP contribution in [-0.2, 0) is 19.1 Å². The van der Waals surface area contributed by atoms with Crippen molar-refractivity contribution < 1.29 is 53.1 Å². The molecule has 11 heteroatoms. The zero-order chi connectivity index (χ0) is 31.0. The smallest absolute Gasteiger partial charge is 0.494 e. The summed E-state index contributed by atoms with van der Waals surface area (Å²) in [7, 11) is 0. The molecule has 0 fully saturated rings. The van der Waals surface area contributed by atoms with Crippen LogP contribution < -0.4 is 14.2 Å². The summed E-state index contributed by atoms with van der Waals surface area (Å²) in [6.45, 7) is 3.37. The van der Waals surface area contributed by atoms with E-state index >= 15 is 0 Å². The first kappa shape index (κ1) is 32.4. The largest absolute Gasteiger partial charge is 0.513 e. The Morgan fingerprint density at radius 2 is 1.19 bits per heavy atom. The summed E-state index contributed by atoms with van der Waals surface area (Å²) in [5.74, 6) is -0.893.